The normalized spacial score (nSPS) is 10.5. The fraction of sp³-hybridized carbons (Fsp3) is 0.125. The summed E-state index contributed by atoms with van der Waals surface area (Å²) in [5, 5.41) is 22.9. The zero-order valence-corrected chi connectivity index (χ0v) is 16.4. The van der Waals surface area contributed by atoms with Gasteiger partial charge in [-0.15, -0.1) is 0 Å². The second kappa shape index (κ2) is 9.41. The Labute approximate surface area is 150 Å². The van der Waals surface area contributed by atoms with Gasteiger partial charge in [0.25, 0.3) is 0 Å². The molecule has 2 rings (SSSR count). The van der Waals surface area contributed by atoms with Crippen molar-refractivity contribution in [3.05, 3.63) is 48.5 Å². The molecule has 0 saturated carbocycles. The van der Waals surface area contributed by atoms with Gasteiger partial charge in [0.05, 0.1) is 0 Å². The molecule has 4 N–H and O–H groups in total. The van der Waals surface area contributed by atoms with E-state index in [1.165, 1.54) is 8.70 Å². The first-order valence-corrected chi connectivity index (χ1v) is 14.1. The van der Waals surface area contributed by atoms with Crippen LogP contribution in [0.5, 0.6) is 0 Å². The second-order valence-electron chi connectivity index (χ2n) is 4.79. The number of hydrogen-bond donors (Lipinski definition) is 4. The van der Waals surface area contributed by atoms with Crippen LogP contribution in [0.2, 0.25) is 0 Å². The molecule has 6 nitrogen and oxygen atoms in total. The molecule has 0 amide bonds. The van der Waals surface area contributed by atoms with Crippen LogP contribution in [0.4, 0.5) is 11.4 Å². The maximum atomic E-state index is 10.5. The van der Waals surface area contributed by atoms with E-state index in [0.717, 1.165) is 11.4 Å². The molecule has 0 aliphatic rings. The first-order valence-electron chi connectivity index (χ1n) is 7.06. The molecular formula is C16H16As2N2O4. The Hall–Kier alpha value is -1.90. The minimum atomic E-state index is -0.878. The molecule has 2 aromatic rings. The van der Waals surface area contributed by atoms with Crippen LogP contribution in [-0.2, 0) is 9.59 Å². The van der Waals surface area contributed by atoms with Gasteiger partial charge in [0.15, 0.2) is 0 Å². The summed E-state index contributed by atoms with van der Waals surface area (Å²) in [7, 11) is 0. The van der Waals surface area contributed by atoms with Gasteiger partial charge in [0, 0.05) is 0 Å². The Morgan fingerprint density at radius 3 is 1.33 bits per heavy atom. The molecule has 0 aliphatic carbocycles. The second-order valence-corrected chi connectivity index (χ2v) is 12.2. The first kappa shape index (κ1) is 18.4. The fourth-order valence-electron chi connectivity index (χ4n) is 1.76. The number of hydrogen-bond acceptors (Lipinski definition) is 4. The van der Waals surface area contributed by atoms with Crippen LogP contribution in [0.25, 0.3) is 0 Å². The van der Waals surface area contributed by atoms with Gasteiger partial charge in [-0.05, 0) is 0 Å². The van der Waals surface area contributed by atoms with Crippen LogP contribution in [0.3, 0.4) is 0 Å². The van der Waals surface area contributed by atoms with Crippen LogP contribution >= 0.6 is 0 Å². The van der Waals surface area contributed by atoms with Gasteiger partial charge in [0.2, 0.25) is 0 Å². The number of carboxylic acid groups (broad SMARTS) is 2. The molecule has 24 heavy (non-hydrogen) atoms. The van der Waals surface area contributed by atoms with Gasteiger partial charge in [-0.3, -0.25) is 0 Å². The molecule has 0 aliphatic heterocycles. The third kappa shape index (κ3) is 6.69. The standard InChI is InChI=1S/C16H16As2N2O4/c21-15(22)9-19-13-5-1-11(2-6-13)17-18-12-3-7-14(8-4-12)20-10-16(23)24/h1-8,19-20H,9-10H2,(H,21,22)(H,23,24). The van der Waals surface area contributed by atoms with Crippen molar-refractivity contribution in [1.29, 1.82) is 0 Å². The third-order valence-corrected chi connectivity index (χ3v) is 11.5. The summed E-state index contributed by atoms with van der Waals surface area (Å²) in [6.45, 7) is -0.164. The number of nitrogens with one attached hydrogen (secondary N) is 2. The van der Waals surface area contributed by atoms with E-state index in [1.807, 2.05) is 48.5 Å². The molecule has 0 fully saturated rings. The number of carboxylic acids is 2. The molecule has 0 saturated heterocycles. The molecular weight excluding hydrogens is 434 g/mol. The molecule has 0 spiro atoms. The molecule has 0 heterocycles. The molecule has 0 unspecified atom stereocenters. The molecule has 0 aromatic heterocycles. The average molecular weight is 450 g/mol. The van der Waals surface area contributed by atoms with Crippen LogP contribution in [0.1, 0.15) is 0 Å². The van der Waals surface area contributed by atoms with Crippen LogP contribution < -0.4 is 19.3 Å². The van der Waals surface area contributed by atoms with E-state index in [4.69, 9.17) is 10.2 Å². The van der Waals surface area contributed by atoms with Crippen LogP contribution in [-0.4, -0.2) is 61.5 Å². The van der Waals surface area contributed by atoms with E-state index in [2.05, 4.69) is 10.6 Å². The van der Waals surface area contributed by atoms with Crippen molar-refractivity contribution in [3.63, 3.8) is 0 Å². The summed E-state index contributed by atoms with van der Waals surface area (Å²) in [6, 6.07) is 15.8. The van der Waals surface area contributed by atoms with Gasteiger partial charge in [0.1, 0.15) is 0 Å². The molecule has 2 aromatic carbocycles. The summed E-state index contributed by atoms with van der Waals surface area (Å²) in [5.74, 6) is -1.76. The summed E-state index contributed by atoms with van der Waals surface area (Å²) in [5.41, 5.74) is 1.62. The fourth-order valence-corrected chi connectivity index (χ4v) is 8.86. The van der Waals surface area contributed by atoms with Gasteiger partial charge < -0.3 is 0 Å². The third-order valence-electron chi connectivity index (χ3n) is 2.90. The van der Waals surface area contributed by atoms with Crippen molar-refractivity contribution in [2.24, 2.45) is 0 Å². The predicted octanol–water partition coefficient (Wildman–Crippen LogP) is -0.0462. The maximum absolute atomic E-state index is 10.5. The predicted molar refractivity (Wildman–Crippen MR) is 95.9 cm³/mol. The average Bonchev–Trinajstić information content (AvgIpc) is 2.58. The summed E-state index contributed by atoms with van der Waals surface area (Å²) < 4.78 is 2.61. The molecule has 8 heteroatoms. The van der Waals surface area contributed by atoms with Crippen molar-refractivity contribution in [3.8, 4) is 0 Å². The van der Waals surface area contributed by atoms with E-state index in [9.17, 15) is 9.59 Å². The Morgan fingerprint density at radius 1 is 0.708 bits per heavy atom. The van der Waals surface area contributed by atoms with Gasteiger partial charge in [-0.25, -0.2) is 0 Å². The molecule has 0 atom stereocenters. The van der Waals surface area contributed by atoms with E-state index in [0.29, 0.717) is 0 Å². The quantitative estimate of drug-likeness (QED) is 0.422. The summed E-state index contributed by atoms with van der Waals surface area (Å²) in [4.78, 5) is 21.0. The minimum absolute atomic E-state index is 0.0744. The topological polar surface area (TPSA) is 98.7 Å². The SMILES string of the molecule is O=C(O)CNc1ccc([As]=[As]c2ccc(NCC(=O)O)cc2)cc1. The molecule has 0 bridgehead atoms. The number of rotatable bonds is 8. The van der Waals surface area contributed by atoms with Crippen molar-refractivity contribution in [2.45, 2.75) is 0 Å². The van der Waals surface area contributed by atoms with Gasteiger partial charge in [-0.2, -0.15) is 0 Å². The Balaban J connectivity index is 1.92. The van der Waals surface area contributed by atoms with Crippen molar-refractivity contribution in [2.75, 3.05) is 23.7 Å². The van der Waals surface area contributed by atoms with Crippen LogP contribution in [0, 0.1) is 0 Å². The molecule has 124 valence electrons. The van der Waals surface area contributed by atoms with Gasteiger partial charge in [-0.1, -0.05) is 0 Å². The Kier molecular flexibility index (Phi) is 7.23. The summed E-state index contributed by atoms with van der Waals surface area (Å²) >= 11 is 0.149. The van der Waals surface area contributed by atoms with Crippen molar-refractivity contribution < 1.29 is 19.8 Å². The van der Waals surface area contributed by atoms with Gasteiger partial charge >= 0.3 is 150 Å². The van der Waals surface area contributed by atoms with Crippen molar-refractivity contribution in [1.82, 2.24) is 0 Å². The van der Waals surface area contributed by atoms with Crippen molar-refractivity contribution >= 4 is 58.3 Å². The first-order chi connectivity index (χ1) is 11.5. The number of benzene rings is 2. The Bertz CT molecular complexity index is 667. The van der Waals surface area contributed by atoms with E-state index in [-0.39, 0.29) is 39.4 Å². The number of anilines is 2. The zero-order valence-electron chi connectivity index (χ0n) is 12.6. The number of aliphatic carboxylic acids is 2. The zero-order chi connectivity index (χ0) is 17.4. The van der Waals surface area contributed by atoms with E-state index < -0.39 is 11.9 Å². The van der Waals surface area contributed by atoms with Crippen LogP contribution in [0.15, 0.2) is 48.5 Å². The number of carbonyl (C=O) groups is 2. The molecule has 0 radical (unpaired) electrons. The van der Waals surface area contributed by atoms with E-state index in [1.54, 1.807) is 0 Å². The summed E-state index contributed by atoms with van der Waals surface area (Å²) in [6.07, 6.45) is 0. The monoisotopic (exact) mass is 450 g/mol. The van der Waals surface area contributed by atoms with E-state index >= 15 is 0 Å². The Morgan fingerprint density at radius 2 is 1.04 bits per heavy atom.